The Hall–Kier alpha value is -4.03. The number of halogens is 1. The maximum atomic E-state index is 11.8. The standard InChI is InChI=1S/C27H22ClNO5/c1-32-20-10-11-22(26(15-20)34-16-18-6-3-2-4-7-18)24-13-12-23(27(30)31)25(29-24)17-33-21-9-5-8-19(28)14-21/h2-15H,16-17H2,1H3,(H,30,31). The number of methoxy groups -OCH3 is 1. The summed E-state index contributed by atoms with van der Waals surface area (Å²) in [5.41, 5.74) is 2.62. The number of ether oxygens (including phenoxy) is 3. The van der Waals surface area contributed by atoms with Gasteiger partial charge >= 0.3 is 5.97 Å². The molecule has 0 spiro atoms. The third-order valence-corrected chi connectivity index (χ3v) is 5.31. The molecule has 0 fully saturated rings. The molecule has 0 saturated heterocycles. The van der Waals surface area contributed by atoms with Gasteiger partial charge in [0.15, 0.2) is 0 Å². The fraction of sp³-hybridized carbons (Fsp3) is 0.111. The molecule has 0 aliphatic heterocycles. The molecule has 4 rings (SSSR count). The van der Waals surface area contributed by atoms with Crippen molar-refractivity contribution in [3.8, 4) is 28.5 Å². The van der Waals surface area contributed by atoms with Crippen LogP contribution in [-0.4, -0.2) is 23.2 Å². The predicted molar refractivity (Wildman–Crippen MR) is 130 cm³/mol. The van der Waals surface area contributed by atoms with Crippen LogP contribution in [0.25, 0.3) is 11.3 Å². The molecule has 0 amide bonds. The second kappa shape index (κ2) is 10.7. The van der Waals surface area contributed by atoms with Crippen LogP contribution >= 0.6 is 11.6 Å². The highest BCUT2D eigenvalue weighted by Crippen LogP contribution is 2.34. The minimum Gasteiger partial charge on any atom is -0.497 e. The number of benzene rings is 3. The van der Waals surface area contributed by atoms with Crippen molar-refractivity contribution < 1.29 is 24.1 Å². The Morgan fingerprint density at radius 2 is 1.71 bits per heavy atom. The Morgan fingerprint density at radius 1 is 0.882 bits per heavy atom. The zero-order chi connectivity index (χ0) is 23.9. The molecule has 6 nitrogen and oxygen atoms in total. The number of nitrogens with zero attached hydrogens (tertiary/aromatic N) is 1. The monoisotopic (exact) mass is 475 g/mol. The summed E-state index contributed by atoms with van der Waals surface area (Å²) < 4.78 is 17.2. The SMILES string of the molecule is COc1ccc(-c2ccc(C(=O)O)c(COc3cccc(Cl)c3)n2)c(OCc2ccccc2)c1. The van der Waals surface area contributed by atoms with Gasteiger partial charge in [-0.15, -0.1) is 0 Å². The highest BCUT2D eigenvalue weighted by Gasteiger charge is 2.17. The first-order valence-corrected chi connectivity index (χ1v) is 10.9. The normalized spacial score (nSPS) is 10.5. The summed E-state index contributed by atoms with van der Waals surface area (Å²) in [6, 6.07) is 25.3. The summed E-state index contributed by atoms with van der Waals surface area (Å²) in [5.74, 6) is 0.644. The quantitative estimate of drug-likeness (QED) is 0.307. The first-order chi connectivity index (χ1) is 16.5. The molecule has 0 aliphatic rings. The van der Waals surface area contributed by atoms with Crippen LogP contribution < -0.4 is 14.2 Å². The van der Waals surface area contributed by atoms with Crippen molar-refractivity contribution >= 4 is 17.6 Å². The molecule has 1 heterocycles. The third-order valence-electron chi connectivity index (χ3n) is 5.08. The number of pyridine rings is 1. The van der Waals surface area contributed by atoms with Gasteiger partial charge in [-0.2, -0.15) is 0 Å². The van der Waals surface area contributed by atoms with Gasteiger partial charge in [0.2, 0.25) is 0 Å². The van der Waals surface area contributed by atoms with Crippen LogP contribution in [0.2, 0.25) is 5.02 Å². The fourth-order valence-corrected chi connectivity index (χ4v) is 3.54. The maximum absolute atomic E-state index is 11.8. The van der Waals surface area contributed by atoms with Crippen molar-refractivity contribution in [2.24, 2.45) is 0 Å². The van der Waals surface area contributed by atoms with E-state index >= 15 is 0 Å². The van der Waals surface area contributed by atoms with E-state index in [1.54, 1.807) is 49.6 Å². The van der Waals surface area contributed by atoms with Crippen LogP contribution in [-0.2, 0) is 13.2 Å². The molecule has 1 N–H and O–H groups in total. The third kappa shape index (κ3) is 5.66. The van der Waals surface area contributed by atoms with Crippen molar-refractivity contribution in [3.63, 3.8) is 0 Å². The first kappa shape index (κ1) is 23.1. The molecule has 0 unspecified atom stereocenters. The molecular formula is C27H22ClNO5. The Balaban J connectivity index is 1.66. The van der Waals surface area contributed by atoms with Crippen molar-refractivity contribution in [3.05, 3.63) is 107 Å². The van der Waals surface area contributed by atoms with Crippen LogP contribution in [0.1, 0.15) is 21.6 Å². The molecule has 34 heavy (non-hydrogen) atoms. The van der Waals surface area contributed by atoms with E-state index in [1.165, 1.54) is 6.07 Å². The molecular weight excluding hydrogens is 454 g/mol. The average molecular weight is 476 g/mol. The Morgan fingerprint density at radius 3 is 2.44 bits per heavy atom. The Bertz CT molecular complexity index is 1290. The molecule has 0 saturated carbocycles. The number of rotatable bonds is 9. The second-order valence-electron chi connectivity index (χ2n) is 7.38. The lowest BCUT2D eigenvalue weighted by atomic mass is 10.1. The summed E-state index contributed by atoms with van der Waals surface area (Å²) >= 11 is 6.02. The zero-order valence-electron chi connectivity index (χ0n) is 18.4. The largest absolute Gasteiger partial charge is 0.497 e. The van der Waals surface area contributed by atoms with E-state index in [4.69, 9.17) is 25.8 Å². The van der Waals surface area contributed by atoms with Crippen LogP contribution in [0.4, 0.5) is 0 Å². The highest BCUT2D eigenvalue weighted by atomic mass is 35.5. The summed E-state index contributed by atoms with van der Waals surface area (Å²) in [6.45, 7) is 0.325. The predicted octanol–water partition coefficient (Wildman–Crippen LogP) is 6.27. The lowest BCUT2D eigenvalue weighted by Crippen LogP contribution is -2.09. The van der Waals surface area contributed by atoms with Gasteiger partial charge in [0, 0.05) is 16.7 Å². The lowest BCUT2D eigenvalue weighted by Gasteiger charge is -2.15. The van der Waals surface area contributed by atoms with Crippen molar-refractivity contribution in [1.82, 2.24) is 4.98 Å². The van der Waals surface area contributed by atoms with E-state index in [-0.39, 0.29) is 17.9 Å². The fourth-order valence-electron chi connectivity index (χ4n) is 3.36. The molecule has 0 radical (unpaired) electrons. The smallest absolute Gasteiger partial charge is 0.337 e. The van der Waals surface area contributed by atoms with Gasteiger partial charge < -0.3 is 19.3 Å². The van der Waals surface area contributed by atoms with Gasteiger partial charge in [0.05, 0.1) is 24.1 Å². The average Bonchev–Trinajstić information content (AvgIpc) is 2.86. The number of carboxylic acid groups (broad SMARTS) is 1. The van der Waals surface area contributed by atoms with Gasteiger partial charge in [-0.3, -0.25) is 0 Å². The molecule has 0 atom stereocenters. The summed E-state index contributed by atoms with van der Waals surface area (Å²) in [6.07, 6.45) is 0. The lowest BCUT2D eigenvalue weighted by molar-refractivity contribution is 0.0693. The second-order valence-corrected chi connectivity index (χ2v) is 7.81. The van der Waals surface area contributed by atoms with Crippen LogP contribution in [0.15, 0.2) is 84.9 Å². The minimum absolute atomic E-state index is 0.0355. The van der Waals surface area contributed by atoms with Crippen molar-refractivity contribution in [1.29, 1.82) is 0 Å². The van der Waals surface area contributed by atoms with E-state index in [9.17, 15) is 9.90 Å². The molecule has 0 bridgehead atoms. The van der Waals surface area contributed by atoms with Crippen molar-refractivity contribution in [2.75, 3.05) is 7.11 Å². The summed E-state index contributed by atoms with van der Waals surface area (Å²) in [4.78, 5) is 16.4. The van der Waals surface area contributed by atoms with Gasteiger partial charge in [0.1, 0.15) is 30.5 Å². The number of aromatic carboxylic acids is 1. The molecule has 4 aromatic rings. The van der Waals surface area contributed by atoms with Gasteiger partial charge in [-0.25, -0.2) is 9.78 Å². The van der Waals surface area contributed by atoms with Crippen LogP contribution in [0, 0.1) is 0 Å². The number of aromatic nitrogens is 1. The summed E-state index contributed by atoms with van der Waals surface area (Å²) in [5, 5.41) is 10.2. The molecule has 1 aromatic heterocycles. The Labute approximate surface area is 202 Å². The number of hydrogen-bond acceptors (Lipinski definition) is 5. The Kier molecular flexibility index (Phi) is 7.30. The molecule has 0 aliphatic carbocycles. The van der Waals surface area contributed by atoms with E-state index in [0.29, 0.717) is 40.1 Å². The van der Waals surface area contributed by atoms with E-state index in [2.05, 4.69) is 4.98 Å². The van der Waals surface area contributed by atoms with Crippen molar-refractivity contribution in [2.45, 2.75) is 13.2 Å². The topological polar surface area (TPSA) is 77.9 Å². The number of carbonyl (C=O) groups is 1. The number of hydrogen-bond donors (Lipinski definition) is 1. The summed E-state index contributed by atoms with van der Waals surface area (Å²) in [7, 11) is 1.58. The first-order valence-electron chi connectivity index (χ1n) is 10.5. The molecule has 172 valence electrons. The number of carboxylic acids is 1. The van der Waals surface area contributed by atoms with Crippen LogP contribution in [0.3, 0.4) is 0 Å². The highest BCUT2D eigenvalue weighted by molar-refractivity contribution is 6.30. The van der Waals surface area contributed by atoms with Gasteiger partial charge in [-0.05, 0) is 48.0 Å². The maximum Gasteiger partial charge on any atom is 0.337 e. The van der Waals surface area contributed by atoms with E-state index in [1.807, 2.05) is 36.4 Å². The van der Waals surface area contributed by atoms with E-state index < -0.39 is 5.97 Å². The van der Waals surface area contributed by atoms with Crippen LogP contribution in [0.5, 0.6) is 17.2 Å². The molecule has 3 aromatic carbocycles. The van der Waals surface area contributed by atoms with Gasteiger partial charge in [0.25, 0.3) is 0 Å². The zero-order valence-corrected chi connectivity index (χ0v) is 19.2. The minimum atomic E-state index is -1.08. The van der Waals surface area contributed by atoms with E-state index in [0.717, 1.165) is 5.56 Å². The molecule has 7 heteroatoms. The van der Waals surface area contributed by atoms with Gasteiger partial charge in [-0.1, -0.05) is 48.0 Å².